The Hall–Kier alpha value is -4.51. The van der Waals surface area contributed by atoms with Crippen LogP contribution in [-0.4, -0.2) is 49.8 Å². The second-order valence-corrected chi connectivity index (χ2v) is 19.8. The van der Waals surface area contributed by atoms with E-state index < -0.39 is 0 Å². The summed E-state index contributed by atoms with van der Waals surface area (Å²) in [6.45, 7) is 8.32. The number of carbonyl (C=O) groups is 2. The Morgan fingerprint density at radius 2 is 1.20 bits per heavy atom. The number of fused-ring (bicyclic) bond motifs is 4. The van der Waals surface area contributed by atoms with Crippen molar-refractivity contribution in [1.29, 1.82) is 0 Å². The molecule has 4 aromatic carbocycles. The third-order valence-electron chi connectivity index (χ3n) is 10.7. The van der Waals surface area contributed by atoms with Crippen LogP contribution in [0.1, 0.15) is 49.9 Å². The number of rotatable bonds is 10. The number of halogens is 2. The van der Waals surface area contributed by atoms with Gasteiger partial charge < -0.3 is 10.0 Å². The third-order valence-corrected chi connectivity index (χ3v) is 14.6. The summed E-state index contributed by atoms with van der Waals surface area (Å²) in [6.07, 6.45) is 8.38. The molecule has 6 aromatic rings. The summed E-state index contributed by atoms with van der Waals surface area (Å²) in [5.74, 6) is 0.304. The summed E-state index contributed by atoms with van der Waals surface area (Å²) in [5, 5.41) is 23.7. The van der Waals surface area contributed by atoms with Gasteiger partial charge in [-0.15, -0.1) is 0 Å². The van der Waals surface area contributed by atoms with Gasteiger partial charge in [-0.05, 0) is 41.5 Å². The van der Waals surface area contributed by atoms with Crippen LogP contribution >= 0.6 is 35.0 Å². The molecule has 4 heterocycles. The molecule has 0 amide bonds. The number of hydrogen-bond donors (Lipinski definition) is 2. The number of hydrogen-bond acceptors (Lipinski definition) is 7. The number of thioether (sulfide) groups is 1. The molecule has 8 nitrogen and oxygen atoms in total. The standard InChI is InChI=1S/C24H24ClN2O2S.C24H24ClN2O2Se/c2*1-15(2)22(29)13-27-21-10-16(14-28)4-7-23(21)30-24(27)11-17-8-9-26(3)20-6-5-18(25)12-19(17)20/h2*4-12,15,28H,13-14H2,1-3H3/q2*+1. The Bertz CT molecular complexity index is 2530. The van der Waals surface area contributed by atoms with Crippen molar-refractivity contribution in [1.82, 2.24) is 0 Å². The van der Waals surface area contributed by atoms with Gasteiger partial charge in [-0.25, -0.2) is 4.57 Å². The van der Waals surface area contributed by atoms with E-state index in [1.54, 1.807) is 11.8 Å². The van der Waals surface area contributed by atoms with Crippen LogP contribution < -0.4 is 23.4 Å². The molecule has 2 aromatic heterocycles. The van der Waals surface area contributed by atoms with Gasteiger partial charge in [-0.2, -0.15) is 0 Å². The van der Waals surface area contributed by atoms with E-state index in [1.807, 2.05) is 121 Å². The normalized spacial score (nSPS) is 14.7. The van der Waals surface area contributed by atoms with Crippen molar-refractivity contribution in [2.45, 2.75) is 45.8 Å². The number of aliphatic hydroxyl groups is 2. The van der Waals surface area contributed by atoms with Crippen LogP contribution in [0.25, 0.3) is 34.0 Å². The van der Waals surface area contributed by atoms with Crippen molar-refractivity contribution in [3.63, 3.8) is 0 Å². The number of pyridine rings is 2. The molecule has 0 saturated carbocycles. The van der Waals surface area contributed by atoms with E-state index in [9.17, 15) is 19.8 Å². The van der Waals surface area contributed by atoms with Crippen molar-refractivity contribution < 1.29 is 28.9 Å². The first kappa shape index (κ1) is 43.6. The van der Waals surface area contributed by atoms with E-state index in [4.69, 9.17) is 23.2 Å². The molecule has 60 heavy (non-hydrogen) atoms. The second-order valence-electron chi connectivity index (χ2n) is 15.6. The van der Waals surface area contributed by atoms with Crippen molar-refractivity contribution in [2.75, 3.05) is 22.9 Å². The van der Waals surface area contributed by atoms with E-state index in [1.165, 1.54) is 4.46 Å². The maximum absolute atomic E-state index is 12.6. The number of anilines is 2. The number of aryl methyl sites for hydroxylation is 2. The van der Waals surface area contributed by atoms with Gasteiger partial charge in [-0.3, -0.25) is 4.79 Å². The summed E-state index contributed by atoms with van der Waals surface area (Å²) in [7, 11) is 4.03. The van der Waals surface area contributed by atoms with Crippen molar-refractivity contribution in [3.05, 3.63) is 139 Å². The monoisotopic (exact) mass is 926 g/mol. The Morgan fingerprint density at radius 1 is 0.683 bits per heavy atom. The molecule has 2 aliphatic rings. The first-order chi connectivity index (χ1) is 28.7. The van der Waals surface area contributed by atoms with Crippen LogP contribution in [0.5, 0.6) is 0 Å². The fraction of sp³-hybridized carbons (Fsp3) is 0.250. The van der Waals surface area contributed by atoms with Crippen LogP contribution in [0.4, 0.5) is 11.4 Å². The first-order valence-electron chi connectivity index (χ1n) is 19.8. The van der Waals surface area contributed by atoms with Gasteiger partial charge in [-0.1, -0.05) is 43.3 Å². The quantitative estimate of drug-likeness (QED) is 0.106. The zero-order chi connectivity index (χ0) is 42.8. The molecule has 12 heteroatoms. The summed E-state index contributed by atoms with van der Waals surface area (Å²) < 4.78 is 6.51. The molecule has 308 valence electrons. The van der Waals surface area contributed by atoms with Crippen LogP contribution in [0, 0.1) is 11.8 Å². The van der Waals surface area contributed by atoms with Gasteiger partial charge in [0, 0.05) is 28.0 Å². The number of nitrogens with zero attached hydrogens (tertiary/aromatic N) is 4. The number of carbonyl (C=O) groups excluding carboxylic acids is 2. The Labute approximate surface area is 371 Å². The zero-order valence-corrected chi connectivity index (χ0v) is 38.5. The van der Waals surface area contributed by atoms with E-state index in [0.29, 0.717) is 23.1 Å². The number of Topliss-reactive ketones (excluding diaryl/α,β-unsaturated/α-hetero) is 2. The third kappa shape index (κ3) is 9.36. The molecule has 0 unspecified atom stereocenters. The molecule has 0 bridgehead atoms. The minimum absolute atomic E-state index is 0.0103. The van der Waals surface area contributed by atoms with Gasteiger partial charge >= 0.3 is 188 Å². The van der Waals surface area contributed by atoms with Crippen molar-refractivity contribution in [3.8, 4) is 0 Å². The molecule has 2 N–H and O–H groups in total. The van der Waals surface area contributed by atoms with E-state index in [2.05, 4.69) is 49.3 Å². The second kappa shape index (κ2) is 18.6. The number of aliphatic hydroxyl groups excluding tert-OH is 2. The molecule has 0 radical (unpaired) electrons. The summed E-state index contributed by atoms with van der Waals surface area (Å²) in [5.41, 5.74) is 8.01. The molecule has 0 fully saturated rings. The van der Waals surface area contributed by atoms with E-state index in [0.717, 1.165) is 70.0 Å². The molecule has 0 atom stereocenters. The van der Waals surface area contributed by atoms with E-state index in [-0.39, 0.29) is 51.6 Å². The van der Waals surface area contributed by atoms with Gasteiger partial charge in [0.15, 0.2) is 12.0 Å². The average Bonchev–Trinajstić information content (AvgIpc) is 3.75. The fourth-order valence-electron chi connectivity index (χ4n) is 7.04. The number of ketones is 2. The average molecular weight is 927 g/mol. The summed E-state index contributed by atoms with van der Waals surface area (Å²) in [6, 6.07) is 27.9. The Kier molecular flexibility index (Phi) is 13.5. The number of benzene rings is 4. The molecule has 8 rings (SSSR count). The summed E-state index contributed by atoms with van der Waals surface area (Å²) >= 11 is 14.3. The molecule has 2 aliphatic heterocycles. The summed E-state index contributed by atoms with van der Waals surface area (Å²) in [4.78, 5) is 30.5. The zero-order valence-electron chi connectivity index (χ0n) is 34.4. The van der Waals surface area contributed by atoms with Crippen molar-refractivity contribution in [2.24, 2.45) is 25.9 Å². The Balaban J connectivity index is 0.000000181. The van der Waals surface area contributed by atoms with Crippen LogP contribution in [0.2, 0.25) is 10.0 Å². The topological polar surface area (TPSA) is 88.8 Å². The predicted octanol–water partition coefficient (Wildman–Crippen LogP) is 8.13. The van der Waals surface area contributed by atoms with Gasteiger partial charge in [0.25, 0.3) is 0 Å². The molecule has 0 spiro atoms. The fourth-order valence-corrected chi connectivity index (χ4v) is 10.8. The minimum atomic E-state index is -0.0447. The van der Waals surface area contributed by atoms with Crippen molar-refractivity contribution >= 4 is 111 Å². The molecular weight excluding hydrogens is 878 g/mol. The molecule has 0 saturated heterocycles. The maximum atomic E-state index is 12.6. The number of aromatic nitrogens is 2. The van der Waals surface area contributed by atoms with Gasteiger partial charge in [0.05, 0.1) is 29.3 Å². The van der Waals surface area contributed by atoms with E-state index >= 15 is 0 Å². The van der Waals surface area contributed by atoms with Gasteiger partial charge in [0.1, 0.15) is 7.05 Å². The molecular formula is C48H48Cl2N4O4SSe+2. The van der Waals surface area contributed by atoms with Crippen LogP contribution in [-0.2, 0) is 36.9 Å². The first-order valence-corrected chi connectivity index (χ1v) is 23.1. The van der Waals surface area contributed by atoms with Gasteiger partial charge in [0.2, 0.25) is 5.52 Å². The van der Waals surface area contributed by atoms with Crippen LogP contribution in [0.3, 0.4) is 0 Å². The SMILES string of the molecule is CC(C)C(=O)CN1/C(=C/c2cc[n+](C)c3ccc(Cl)cc23)Sc2ccc(CO)cc21.CC(C)C(=O)CN1/C(=C/c2cc[n+](C)c3ccc(Cl)cc23)[Se]c2ccc(CO)cc21. The molecule has 0 aliphatic carbocycles. The predicted molar refractivity (Wildman–Crippen MR) is 247 cm³/mol. The van der Waals surface area contributed by atoms with Crippen LogP contribution in [0.15, 0.2) is 112 Å². The Morgan fingerprint density at radius 3 is 1.75 bits per heavy atom.